The van der Waals surface area contributed by atoms with Gasteiger partial charge in [0, 0.05) is 17.2 Å². The van der Waals surface area contributed by atoms with Crippen LogP contribution in [-0.2, 0) is 5.75 Å². The van der Waals surface area contributed by atoms with Gasteiger partial charge >= 0.3 is 12.0 Å². The van der Waals surface area contributed by atoms with Crippen molar-refractivity contribution in [1.29, 1.82) is 0 Å². The maximum absolute atomic E-state index is 11.9. The average molecular weight is 404 g/mol. The van der Waals surface area contributed by atoms with Gasteiger partial charge in [-0.05, 0) is 42.4 Å². The monoisotopic (exact) mass is 403 g/mol. The molecule has 0 bridgehead atoms. The lowest BCUT2D eigenvalue weighted by molar-refractivity contribution is 0.0694. The zero-order valence-electron chi connectivity index (χ0n) is 12.4. The molecule has 2 heterocycles. The van der Waals surface area contributed by atoms with Crippen LogP contribution >= 0.6 is 46.2 Å². The second kappa shape index (κ2) is 7.73. The normalized spacial score (nSPS) is 13.7. The van der Waals surface area contributed by atoms with Gasteiger partial charge in [-0.1, -0.05) is 23.4 Å². The molecule has 0 spiro atoms. The van der Waals surface area contributed by atoms with Gasteiger partial charge in [0.25, 0.3) is 0 Å². The van der Waals surface area contributed by atoms with Crippen molar-refractivity contribution in [2.24, 2.45) is 5.92 Å². The van der Waals surface area contributed by atoms with Crippen LogP contribution in [0.1, 0.15) is 28.1 Å². The van der Waals surface area contributed by atoms with E-state index in [0.29, 0.717) is 27.6 Å². The van der Waals surface area contributed by atoms with E-state index in [1.165, 1.54) is 23.1 Å². The Morgan fingerprint density at radius 3 is 2.83 bits per heavy atom. The van der Waals surface area contributed by atoms with Crippen molar-refractivity contribution in [3.8, 4) is 0 Å². The number of carboxylic acid groups (broad SMARTS) is 1. The molecule has 0 radical (unpaired) electrons. The molecular weight excluding hydrogens is 390 g/mol. The number of anilines is 1. The predicted molar refractivity (Wildman–Crippen MR) is 97.7 cm³/mol. The lowest BCUT2D eigenvalue weighted by Gasteiger charge is -2.06. The fraction of sp³-hybridized carbons (Fsp3) is 0.357. The number of nitrogens with zero attached hydrogens (tertiary/aromatic N) is 1. The van der Waals surface area contributed by atoms with Gasteiger partial charge < -0.3 is 10.4 Å². The summed E-state index contributed by atoms with van der Waals surface area (Å²) in [5.74, 6) is 0.0298. The third-order valence-electron chi connectivity index (χ3n) is 3.33. The van der Waals surface area contributed by atoms with E-state index >= 15 is 0 Å². The Labute approximate surface area is 155 Å². The number of thiophene rings is 1. The summed E-state index contributed by atoms with van der Waals surface area (Å²) in [6, 6.07) is 3.31. The van der Waals surface area contributed by atoms with Crippen molar-refractivity contribution in [2.75, 3.05) is 11.9 Å². The first-order valence-electron chi connectivity index (χ1n) is 7.17. The maximum Gasteiger partial charge on any atom is 0.341 e. The highest BCUT2D eigenvalue weighted by molar-refractivity contribution is 7.98. The molecule has 1 saturated carbocycles. The third-order valence-corrected chi connectivity index (χ3v) is 6.65. The number of hydrogen-bond donors (Lipinski definition) is 3. The highest BCUT2D eigenvalue weighted by Gasteiger charge is 2.24. The summed E-state index contributed by atoms with van der Waals surface area (Å²) in [5, 5.41) is 15.4. The van der Waals surface area contributed by atoms with Gasteiger partial charge in [0.2, 0.25) is 0 Å². The SMILES string of the molecule is O=C(NCC1CC1)Nc1snc(SCc2ccc(Cl)s2)c1C(=O)O. The lowest BCUT2D eigenvalue weighted by atomic mass is 10.3. The lowest BCUT2D eigenvalue weighted by Crippen LogP contribution is -2.30. The van der Waals surface area contributed by atoms with Gasteiger partial charge in [0.1, 0.15) is 15.6 Å². The number of aromatic carboxylic acids is 1. The summed E-state index contributed by atoms with van der Waals surface area (Å²) in [6.45, 7) is 0.619. The van der Waals surface area contributed by atoms with Gasteiger partial charge in [0.15, 0.2) is 0 Å². The molecule has 0 atom stereocenters. The number of aromatic nitrogens is 1. The number of nitrogens with one attached hydrogen (secondary N) is 2. The Hall–Kier alpha value is -1.29. The summed E-state index contributed by atoms with van der Waals surface area (Å²) < 4.78 is 4.86. The van der Waals surface area contributed by atoms with Crippen LogP contribution in [0, 0.1) is 5.92 Å². The van der Waals surface area contributed by atoms with Crippen LogP contribution in [0.2, 0.25) is 4.34 Å². The molecule has 6 nitrogen and oxygen atoms in total. The van der Waals surface area contributed by atoms with Crippen molar-refractivity contribution in [3.63, 3.8) is 0 Å². The molecule has 0 aliphatic heterocycles. The summed E-state index contributed by atoms with van der Waals surface area (Å²) in [5.41, 5.74) is 0.0363. The van der Waals surface area contributed by atoms with Crippen LogP contribution in [-0.4, -0.2) is 28.0 Å². The highest BCUT2D eigenvalue weighted by atomic mass is 35.5. The molecule has 1 aliphatic carbocycles. The Morgan fingerprint density at radius 2 is 2.21 bits per heavy atom. The first-order chi connectivity index (χ1) is 11.5. The van der Waals surface area contributed by atoms with Gasteiger partial charge in [-0.25, -0.2) is 9.59 Å². The number of rotatable bonds is 7. The number of carbonyl (C=O) groups is 2. The molecule has 1 fully saturated rings. The van der Waals surface area contributed by atoms with Crippen molar-refractivity contribution < 1.29 is 14.7 Å². The summed E-state index contributed by atoms with van der Waals surface area (Å²) in [4.78, 5) is 24.4. The molecule has 24 heavy (non-hydrogen) atoms. The van der Waals surface area contributed by atoms with E-state index in [-0.39, 0.29) is 10.6 Å². The van der Waals surface area contributed by atoms with E-state index in [1.54, 1.807) is 6.07 Å². The molecule has 3 N–H and O–H groups in total. The molecule has 2 aromatic rings. The summed E-state index contributed by atoms with van der Waals surface area (Å²) >= 11 is 9.63. The van der Waals surface area contributed by atoms with Gasteiger partial charge in [0.05, 0.1) is 4.34 Å². The fourth-order valence-electron chi connectivity index (χ4n) is 1.92. The second-order valence-electron chi connectivity index (χ2n) is 5.27. The topological polar surface area (TPSA) is 91.3 Å². The minimum atomic E-state index is -1.10. The molecule has 128 valence electrons. The zero-order chi connectivity index (χ0) is 17.1. The summed E-state index contributed by atoms with van der Waals surface area (Å²) in [7, 11) is 0. The summed E-state index contributed by atoms with van der Waals surface area (Å²) in [6.07, 6.45) is 2.27. The molecule has 10 heteroatoms. The molecular formula is C14H14ClN3O3S3. The number of amides is 2. The van der Waals surface area contributed by atoms with Gasteiger partial charge in [-0.3, -0.25) is 5.32 Å². The molecule has 2 aromatic heterocycles. The van der Waals surface area contributed by atoms with Gasteiger partial charge in [-0.15, -0.1) is 11.3 Å². The van der Waals surface area contributed by atoms with Crippen LogP contribution in [0.4, 0.5) is 9.80 Å². The molecule has 0 aromatic carbocycles. The highest BCUT2D eigenvalue weighted by Crippen LogP contribution is 2.35. The largest absolute Gasteiger partial charge is 0.477 e. The van der Waals surface area contributed by atoms with Crippen LogP contribution in [0.25, 0.3) is 0 Å². The Bertz CT molecular complexity index is 758. The maximum atomic E-state index is 11.9. The molecule has 1 aliphatic rings. The van der Waals surface area contributed by atoms with E-state index in [0.717, 1.165) is 29.3 Å². The van der Waals surface area contributed by atoms with Crippen molar-refractivity contribution in [2.45, 2.75) is 23.6 Å². The molecule has 0 unspecified atom stereocenters. The quantitative estimate of drug-likeness (QED) is 0.596. The standard InChI is InChI=1S/C14H14ClN3O3S3/c15-9-4-3-8(23-9)6-22-12-10(13(19)20)11(24-18-12)17-14(21)16-5-7-1-2-7/h3-4,7H,1-2,5-6H2,(H,19,20)(H2,16,17,21). The predicted octanol–water partition coefficient (Wildman–Crippen LogP) is 4.38. The minimum absolute atomic E-state index is 0.0363. The zero-order valence-corrected chi connectivity index (χ0v) is 15.6. The second-order valence-corrected chi connectivity index (χ2v) is 8.81. The van der Waals surface area contributed by atoms with E-state index in [2.05, 4.69) is 15.0 Å². The molecule has 3 rings (SSSR count). The number of carboxylic acids is 1. The third kappa shape index (κ3) is 4.62. The molecule has 2 amide bonds. The van der Waals surface area contributed by atoms with E-state index in [1.807, 2.05) is 6.07 Å². The van der Waals surface area contributed by atoms with E-state index in [9.17, 15) is 14.7 Å². The fourth-order valence-corrected chi connectivity index (χ4v) is 4.99. The Kier molecular flexibility index (Phi) is 5.65. The number of urea groups is 1. The smallest absolute Gasteiger partial charge is 0.341 e. The first-order valence-corrected chi connectivity index (χ1v) is 10.1. The number of thioether (sulfide) groups is 1. The van der Waals surface area contributed by atoms with E-state index < -0.39 is 12.0 Å². The van der Waals surface area contributed by atoms with Crippen molar-refractivity contribution >= 4 is 63.2 Å². The number of halogens is 1. The average Bonchev–Trinajstić information content (AvgIpc) is 3.14. The van der Waals surface area contributed by atoms with Gasteiger partial charge in [-0.2, -0.15) is 4.37 Å². The number of hydrogen-bond acceptors (Lipinski definition) is 6. The number of carbonyl (C=O) groups excluding carboxylic acids is 1. The van der Waals surface area contributed by atoms with Crippen LogP contribution < -0.4 is 10.6 Å². The van der Waals surface area contributed by atoms with Crippen molar-refractivity contribution in [3.05, 3.63) is 26.9 Å². The molecule has 0 saturated heterocycles. The van der Waals surface area contributed by atoms with Crippen LogP contribution in [0.15, 0.2) is 17.2 Å². The first kappa shape index (κ1) is 17.5. The van der Waals surface area contributed by atoms with Crippen LogP contribution in [0.5, 0.6) is 0 Å². The minimum Gasteiger partial charge on any atom is -0.477 e. The Morgan fingerprint density at radius 1 is 1.42 bits per heavy atom. The van der Waals surface area contributed by atoms with Crippen molar-refractivity contribution in [1.82, 2.24) is 9.69 Å². The van der Waals surface area contributed by atoms with E-state index in [4.69, 9.17) is 11.6 Å². The Balaban J connectivity index is 1.64. The van der Waals surface area contributed by atoms with Crippen LogP contribution in [0.3, 0.4) is 0 Å².